The van der Waals surface area contributed by atoms with E-state index in [4.69, 9.17) is 28.4 Å². The van der Waals surface area contributed by atoms with Gasteiger partial charge < -0.3 is 64.2 Å². The van der Waals surface area contributed by atoms with Gasteiger partial charge in [0.2, 0.25) is 0 Å². The first kappa shape index (κ1) is 50.1. The Balaban J connectivity index is 1.87. The van der Waals surface area contributed by atoms with Gasteiger partial charge in [-0.2, -0.15) is 0 Å². The van der Waals surface area contributed by atoms with E-state index in [9.17, 15) is 45.3 Å². The van der Waals surface area contributed by atoms with Crippen molar-refractivity contribution in [2.24, 2.45) is 0 Å². The Labute approximate surface area is 333 Å². The summed E-state index contributed by atoms with van der Waals surface area (Å²) in [6, 6.07) is 0. The predicted octanol–water partition coefficient (Wildman–Crippen LogP) is 3.26. The molecule has 7 N–H and O–H groups in total. The van der Waals surface area contributed by atoms with Gasteiger partial charge in [-0.05, 0) is 38.5 Å². The maximum Gasteiger partial charge on any atom is 0.306 e. The molecule has 0 aromatic heterocycles. The van der Waals surface area contributed by atoms with Crippen molar-refractivity contribution in [3.8, 4) is 0 Å². The number of aliphatic hydroxyl groups excluding tert-OH is 7. The molecule has 15 nitrogen and oxygen atoms in total. The Bertz CT molecular complexity index is 1090. The molecule has 2 aliphatic rings. The fraction of sp³-hybridized carbons (Fsp3) is 0.854. The fourth-order valence-corrected chi connectivity index (χ4v) is 6.35. The number of rotatable bonds is 30. The van der Waals surface area contributed by atoms with Crippen molar-refractivity contribution in [1.29, 1.82) is 0 Å². The molecule has 0 aromatic carbocycles. The van der Waals surface area contributed by atoms with Gasteiger partial charge in [-0.3, -0.25) is 9.59 Å². The van der Waals surface area contributed by atoms with Gasteiger partial charge in [0.15, 0.2) is 18.7 Å². The van der Waals surface area contributed by atoms with Crippen LogP contribution in [0.15, 0.2) is 24.3 Å². The van der Waals surface area contributed by atoms with Crippen LogP contribution in [0.3, 0.4) is 0 Å². The molecule has 2 fully saturated rings. The third kappa shape index (κ3) is 19.6. The van der Waals surface area contributed by atoms with E-state index >= 15 is 0 Å². The third-order valence-electron chi connectivity index (χ3n) is 9.93. The highest BCUT2D eigenvalue weighted by Gasteiger charge is 2.47. The summed E-state index contributed by atoms with van der Waals surface area (Å²) in [5.41, 5.74) is 0. The monoisotopic (exact) mass is 804 g/mol. The van der Waals surface area contributed by atoms with Crippen LogP contribution in [-0.2, 0) is 38.0 Å². The molecule has 2 heterocycles. The highest BCUT2D eigenvalue weighted by Crippen LogP contribution is 2.26. The Hall–Kier alpha value is -2.02. The molecule has 0 amide bonds. The number of ether oxygens (including phenoxy) is 6. The third-order valence-corrected chi connectivity index (χ3v) is 9.93. The second-order valence-electron chi connectivity index (χ2n) is 14.8. The Morgan fingerprint density at radius 2 is 1.09 bits per heavy atom. The summed E-state index contributed by atoms with van der Waals surface area (Å²) in [6.07, 6.45) is 8.40. The maximum absolute atomic E-state index is 12.8. The summed E-state index contributed by atoms with van der Waals surface area (Å²) >= 11 is 0. The van der Waals surface area contributed by atoms with E-state index in [1.165, 1.54) is 12.8 Å². The first-order chi connectivity index (χ1) is 27.0. The van der Waals surface area contributed by atoms with Crippen LogP contribution < -0.4 is 0 Å². The van der Waals surface area contributed by atoms with Crippen LogP contribution >= 0.6 is 0 Å². The molecule has 0 aromatic rings. The zero-order chi connectivity index (χ0) is 41.1. The van der Waals surface area contributed by atoms with Crippen LogP contribution in [-0.4, -0.2) is 142 Å². The highest BCUT2D eigenvalue weighted by molar-refractivity contribution is 5.70. The maximum atomic E-state index is 12.8. The first-order valence-corrected chi connectivity index (χ1v) is 20.9. The molecule has 15 heteroatoms. The predicted molar refractivity (Wildman–Crippen MR) is 206 cm³/mol. The number of carbonyl (C=O) groups excluding carboxylic acids is 2. The van der Waals surface area contributed by atoms with Crippen molar-refractivity contribution in [3.63, 3.8) is 0 Å². The minimum absolute atomic E-state index is 0.150. The van der Waals surface area contributed by atoms with E-state index in [1.807, 2.05) is 0 Å². The van der Waals surface area contributed by atoms with Crippen LogP contribution in [0.1, 0.15) is 129 Å². The first-order valence-electron chi connectivity index (χ1n) is 20.9. The molecule has 11 unspecified atom stereocenters. The normalized spacial score (nSPS) is 28.9. The van der Waals surface area contributed by atoms with Crippen LogP contribution in [0.4, 0.5) is 0 Å². The summed E-state index contributed by atoms with van der Waals surface area (Å²) in [4.78, 5) is 25.3. The minimum atomic E-state index is -1.76. The van der Waals surface area contributed by atoms with E-state index in [2.05, 4.69) is 38.2 Å². The summed E-state index contributed by atoms with van der Waals surface area (Å²) < 4.78 is 33.2. The van der Waals surface area contributed by atoms with E-state index in [0.29, 0.717) is 12.8 Å². The number of hydrogen-bond donors (Lipinski definition) is 7. The number of allylic oxidation sites excluding steroid dienone is 4. The van der Waals surface area contributed by atoms with Gasteiger partial charge in [0.1, 0.15) is 55.4 Å². The molecule has 2 rings (SSSR count). The molecule has 11 atom stereocenters. The van der Waals surface area contributed by atoms with Crippen molar-refractivity contribution >= 4 is 11.9 Å². The number of unbranched alkanes of at least 4 members (excludes halogenated alkanes) is 12. The summed E-state index contributed by atoms with van der Waals surface area (Å²) in [5.74, 6) is -0.954. The Kier molecular flexibility index (Phi) is 26.9. The molecule has 2 aliphatic heterocycles. The van der Waals surface area contributed by atoms with Gasteiger partial charge in [0, 0.05) is 12.8 Å². The van der Waals surface area contributed by atoms with E-state index in [1.54, 1.807) is 0 Å². The molecular weight excluding hydrogens is 732 g/mol. The minimum Gasteiger partial charge on any atom is -0.462 e. The topological polar surface area (TPSA) is 231 Å². The van der Waals surface area contributed by atoms with Gasteiger partial charge in [-0.15, -0.1) is 0 Å². The largest absolute Gasteiger partial charge is 0.462 e. The number of carbonyl (C=O) groups is 2. The van der Waals surface area contributed by atoms with Gasteiger partial charge in [0.05, 0.1) is 19.8 Å². The van der Waals surface area contributed by atoms with Crippen molar-refractivity contribution in [1.82, 2.24) is 0 Å². The average molecular weight is 805 g/mol. The van der Waals surface area contributed by atoms with Crippen LogP contribution in [0.2, 0.25) is 0 Å². The Morgan fingerprint density at radius 1 is 0.571 bits per heavy atom. The molecule has 2 saturated heterocycles. The van der Waals surface area contributed by atoms with Gasteiger partial charge in [-0.25, -0.2) is 0 Å². The lowest BCUT2D eigenvalue weighted by Crippen LogP contribution is -2.61. The lowest BCUT2D eigenvalue weighted by Gasteiger charge is -2.42. The van der Waals surface area contributed by atoms with Crippen molar-refractivity contribution in [2.45, 2.75) is 197 Å². The van der Waals surface area contributed by atoms with Crippen molar-refractivity contribution in [3.05, 3.63) is 24.3 Å². The molecular formula is C41H72O15. The van der Waals surface area contributed by atoms with Crippen molar-refractivity contribution in [2.75, 3.05) is 26.4 Å². The second kappa shape index (κ2) is 30.1. The van der Waals surface area contributed by atoms with E-state index in [-0.39, 0.29) is 26.1 Å². The Morgan fingerprint density at radius 3 is 1.71 bits per heavy atom. The quantitative estimate of drug-likeness (QED) is 0.0314. The van der Waals surface area contributed by atoms with Crippen LogP contribution in [0, 0.1) is 0 Å². The summed E-state index contributed by atoms with van der Waals surface area (Å²) in [6.45, 7) is 2.42. The zero-order valence-electron chi connectivity index (χ0n) is 33.6. The number of esters is 2. The number of aliphatic hydroxyl groups is 7. The molecule has 56 heavy (non-hydrogen) atoms. The van der Waals surface area contributed by atoms with Crippen LogP contribution in [0.5, 0.6) is 0 Å². The summed E-state index contributed by atoms with van der Waals surface area (Å²) in [7, 11) is 0. The van der Waals surface area contributed by atoms with E-state index in [0.717, 1.165) is 77.0 Å². The van der Waals surface area contributed by atoms with Gasteiger partial charge >= 0.3 is 11.9 Å². The summed E-state index contributed by atoms with van der Waals surface area (Å²) in [5, 5.41) is 71.6. The smallest absolute Gasteiger partial charge is 0.306 e. The molecule has 0 saturated carbocycles. The lowest BCUT2D eigenvalue weighted by atomic mass is 9.98. The van der Waals surface area contributed by atoms with Gasteiger partial charge in [-0.1, -0.05) is 102 Å². The zero-order valence-corrected chi connectivity index (χ0v) is 33.6. The molecule has 326 valence electrons. The molecule has 0 bridgehead atoms. The molecule has 0 aliphatic carbocycles. The average Bonchev–Trinajstić information content (AvgIpc) is 3.19. The fourth-order valence-electron chi connectivity index (χ4n) is 6.35. The van der Waals surface area contributed by atoms with Crippen molar-refractivity contribution < 1.29 is 73.8 Å². The van der Waals surface area contributed by atoms with Gasteiger partial charge in [0.25, 0.3) is 0 Å². The molecule has 0 spiro atoms. The standard InChI is InChI=1S/C41H72O15/c1-3-5-7-9-11-12-13-14-15-16-17-18-20-22-24-33(44)54-29(26-51-32(43)23-21-19-10-8-6-4-2)27-52-40-39(50)37(48)35(46)31(56-40)28-53-41-38(49)36(47)34(45)30(25-42)55-41/h9,11,13-14,29-31,34-42,45-50H,3-8,10,12,15-28H2,1-2H3/b11-9-,14-13-. The lowest BCUT2D eigenvalue weighted by molar-refractivity contribution is -0.332. The SMILES string of the molecule is CCCC/C=C\C/C=C\CCCCCCCC(=O)OC(COC(=O)CCCCCCCC)COC1OC(COC2OC(CO)C(O)C(O)C2O)C(O)C(O)C1O. The second-order valence-corrected chi connectivity index (χ2v) is 14.8. The molecule has 0 radical (unpaired) electrons. The van der Waals surface area contributed by atoms with E-state index < -0.39 is 92.7 Å². The van der Waals surface area contributed by atoms with Crippen LogP contribution in [0.25, 0.3) is 0 Å². The number of hydrogen-bond acceptors (Lipinski definition) is 15. The highest BCUT2D eigenvalue weighted by atomic mass is 16.7.